The molecule has 1 N–H and O–H groups in total. The highest BCUT2D eigenvalue weighted by Crippen LogP contribution is 2.09. The van der Waals surface area contributed by atoms with Crippen LogP contribution in [0.4, 0.5) is 0 Å². The number of methoxy groups -OCH3 is 1. The zero-order valence-electron chi connectivity index (χ0n) is 12.2. The largest absolute Gasteiger partial charge is 0.465 e. The van der Waals surface area contributed by atoms with Crippen LogP contribution < -0.4 is 4.72 Å². The smallest absolute Gasteiger partial charge is 0.337 e. The molecule has 2 rings (SSSR count). The maximum Gasteiger partial charge on any atom is 0.337 e. The molecule has 116 valence electrons. The lowest BCUT2D eigenvalue weighted by Gasteiger charge is -2.07. The fourth-order valence-electron chi connectivity index (χ4n) is 1.94. The van der Waals surface area contributed by atoms with Crippen molar-refractivity contribution in [2.45, 2.75) is 11.3 Å². The van der Waals surface area contributed by atoms with Gasteiger partial charge in [0.15, 0.2) is 0 Å². The first-order valence-corrected chi connectivity index (χ1v) is 8.23. The van der Waals surface area contributed by atoms with Crippen LogP contribution in [0.2, 0.25) is 0 Å². The van der Waals surface area contributed by atoms with E-state index in [9.17, 15) is 13.2 Å². The summed E-state index contributed by atoms with van der Waals surface area (Å²) in [5.41, 5.74) is 1.40. The van der Waals surface area contributed by atoms with E-state index in [1.54, 1.807) is 54.6 Å². The first-order chi connectivity index (χ1) is 10.5. The lowest BCUT2D eigenvalue weighted by molar-refractivity contribution is 0.0600. The monoisotopic (exact) mass is 319 g/mol. The molecule has 6 heteroatoms. The van der Waals surface area contributed by atoms with Crippen molar-refractivity contribution in [3.63, 3.8) is 0 Å². The summed E-state index contributed by atoms with van der Waals surface area (Å²) in [7, 11) is -2.15. The van der Waals surface area contributed by atoms with E-state index in [0.717, 1.165) is 5.56 Å². The van der Waals surface area contributed by atoms with Gasteiger partial charge in [-0.1, -0.05) is 30.3 Å². The van der Waals surface area contributed by atoms with Crippen LogP contribution >= 0.6 is 0 Å². The fraction of sp³-hybridized carbons (Fsp3) is 0.188. The second kappa shape index (κ2) is 7.20. The van der Waals surface area contributed by atoms with Gasteiger partial charge in [-0.05, 0) is 36.2 Å². The number of carbonyl (C=O) groups is 1. The number of hydrogen-bond acceptors (Lipinski definition) is 4. The van der Waals surface area contributed by atoms with Gasteiger partial charge in [0.05, 0.1) is 17.6 Å². The standard InChI is InChI=1S/C16H17NO4S/c1-21-16(18)14-9-7-13(8-10-14)11-12-17-22(19,20)15-5-3-2-4-6-15/h2-10,17H,11-12H2,1H3. The Morgan fingerprint density at radius 1 is 1.05 bits per heavy atom. The molecule has 0 fully saturated rings. The Morgan fingerprint density at radius 3 is 2.27 bits per heavy atom. The molecule has 2 aromatic rings. The minimum absolute atomic E-state index is 0.246. The predicted molar refractivity (Wildman–Crippen MR) is 83.1 cm³/mol. The molecule has 0 amide bonds. The third kappa shape index (κ3) is 4.16. The van der Waals surface area contributed by atoms with E-state index in [-0.39, 0.29) is 11.4 Å². The van der Waals surface area contributed by atoms with Gasteiger partial charge in [-0.2, -0.15) is 0 Å². The second-order valence-corrected chi connectivity index (χ2v) is 6.42. The maximum atomic E-state index is 12.0. The summed E-state index contributed by atoms with van der Waals surface area (Å²) in [6.45, 7) is 0.287. The van der Waals surface area contributed by atoms with Crippen molar-refractivity contribution < 1.29 is 17.9 Å². The van der Waals surface area contributed by atoms with Crippen LogP contribution in [0.3, 0.4) is 0 Å². The van der Waals surface area contributed by atoms with Crippen LogP contribution in [-0.4, -0.2) is 28.0 Å². The lowest BCUT2D eigenvalue weighted by atomic mass is 10.1. The molecule has 0 unspecified atom stereocenters. The molecule has 0 spiro atoms. The Bertz CT molecular complexity index is 725. The molecule has 0 aromatic heterocycles. The van der Waals surface area contributed by atoms with Gasteiger partial charge in [-0.3, -0.25) is 0 Å². The molecule has 0 bridgehead atoms. The first-order valence-electron chi connectivity index (χ1n) is 6.75. The van der Waals surface area contributed by atoms with E-state index < -0.39 is 16.0 Å². The summed E-state index contributed by atoms with van der Waals surface area (Å²) in [4.78, 5) is 11.6. The van der Waals surface area contributed by atoms with Crippen molar-refractivity contribution in [2.75, 3.05) is 13.7 Å². The van der Waals surface area contributed by atoms with Gasteiger partial charge in [0, 0.05) is 6.54 Å². The van der Waals surface area contributed by atoms with Gasteiger partial charge in [-0.15, -0.1) is 0 Å². The first kappa shape index (κ1) is 16.2. The number of esters is 1. The van der Waals surface area contributed by atoms with Crippen molar-refractivity contribution in [1.29, 1.82) is 0 Å². The second-order valence-electron chi connectivity index (χ2n) is 4.65. The zero-order valence-corrected chi connectivity index (χ0v) is 13.0. The van der Waals surface area contributed by atoms with E-state index >= 15 is 0 Å². The van der Waals surface area contributed by atoms with Gasteiger partial charge in [0.1, 0.15) is 0 Å². The summed E-state index contributed by atoms with van der Waals surface area (Å²) in [6.07, 6.45) is 0.535. The van der Waals surface area contributed by atoms with Crippen LogP contribution in [0.15, 0.2) is 59.5 Å². The zero-order chi connectivity index (χ0) is 16.0. The van der Waals surface area contributed by atoms with Crippen molar-refractivity contribution in [1.82, 2.24) is 4.72 Å². The summed E-state index contributed by atoms with van der Waals surface area (Å²) in [5.74, 6) is -0.392. The molecule has 5 nitrogen and oxygen atoms in total. The van der Waals surface area contributed by atoms with E-state index in [1.807, 2.05) is 0 Å². The molecular formula is C16H17NO4S. The molecule has 2 aromatic carbocycles. The molecule has 0 aliphatic heterocycles. The Hall–Kier alpha value is -2.18. The molecule has 0 saturated heterocycles. The highest BCUT2D eigenvalue weighted by molar-refractivity contribution is 7.89. The van der Waals surface area contributed by atoms with Crippen molar-refractivity contribution in [2.24, 2.45) is 0 Å². The summed E-state index contributed by atoms with van der Waals surface area (Å²) < 4.78 is 31.2. The van der Waals surface area contributed by atoms with Gasteiger partial charge in [0.2, 0.25) is 10.0 Å². The van der Waals surface area contributed by atoms with Crippen molar-refractivity contribution >= 4 is 16.0 Å². The number of sulfonamides is 1. The average Bonchev–Trinajstić information content (AvgIpc) is 2.55. The number of benzene rings is 2. The van der Waals surface area contributed by atoms with Crippen LogP contribution in [0, 0.1) is 0 Å². The maximum absolute atomic E-state index is 12.0. The van der Waals surface area contributed by atoms with E-state index in [2.05, 4.69) is 9.46 Å². The third-order valence-electron chi connectivity index (χ3n) is 3.13. The number of nitrogens with one attached hydrogen (secondary N) is 1. The third-order valence-corrected chi connectivity index (χ3v) is 4.61. The van der Waals surface area contributed by atoms with E-state index in [0.29, 0.717) is 12.0 Å². The van der Waals surface area contributed by atoms with Gasteiger partial charge in [-0.25, -0.2) is 17.9 Å². The Balaban J connectivity index is 1.92. The molecular weight excluding hydrogens is 302 g/mol. The normalized spacial score (nSPS) is 11.1. The van der Waals surface area contributed by atoms with E-state index in [1.165, 1.54) is 7.11 Å². The Morgan fingerprint density at radius 2 is 1.68 bits per heavy atom. The summed E-state index contributed by atoms with van der Waals surface area (Å²) in [6, 6.07) is 15.1. The number of carbonyl (C=O) groups excluding carboxylic acids is 1. The van der Waals surface area contributed by atoms with Crippen LogP contribution in [0.1, 0.15) is 15.9 Å². The molecule has 0 aliphatic rings. The quantitative estimate of drug-likeness (QED) is 0.827. The topological polar surface area (TPSA) is 72.5 Å². The highest BCUT2D eigenvalue weighted by Gasteiger charge is 2.12. The fourth-order valence-corrected chi connectivity index (χ4v) is 2.99. The summed E-state index contributed by atoms with van der Waals surface area (Å²) >= 11 is 0. The van der Waals surface area contributed by atoms with Crippen LogP contribution in [0.5, 0.6) is 0 Å². The number of rotatable bonds is 6. The summed E-state index contributed by atoms with van der Waals surface area (Å²) in [5, 5.41) is 0. The van der Waals surface area contributed by atoms with Gasteiger partial charge < -0.3 is 4.74 Å². The number of ether oxygens (including phenoxy) is 1. The molecule has 0 aliphatic carbocycles. The minimum atomic E-state index is -3.48. The lowest BCUT2D eigenvalue weighted by Crippen LogP contribution is -2.25. The molecule has 0 heterocycles. The molecule has 0 radical (unpaired) electrons. The SMILES string of the molecule is COC(=O)c1ccc(CCNS(=O)(=O)c2ccccc2)cc1. The molecule has 0 atom stereocenters. The van der Waals surface area contributed by atoms with Crippen molar-refractivity contribution in [3.05, 3.63) is 65.7 Å². The average molecular weight is 319 g/mol. The van der Waals surface area contributed by atoms with Crippen molar-refractivity contribution in [3.8, 4) is 0 Å². The van der Waals surface area contributed by atoms with Crippen LogP contribution in [0.25, 0.3) is 0 Å². The van der Waals surface area contributed by atoms with E-state index in [4.69, 9.17) is 0 Å². The Kier molecular flexibility index (Phi) is 5.30. The number of hydrogen-bond donors (Lipinski definition) is 1. The predicted octanol–water partition coefficient (Wildman–Crippen LogP) is 1.99. The van der Waals surface area contributed by atoms with Gasteiger partial charge >= 0.3 is 5.97 Å². The van der Waals surface area contributed by atoms with Gasteiger partial charge in [0.25, 0.3) is 0 Å². The van der Waals surface area contributed by atoms with Crippen LogP contribution in [-0.2, 0) is 21.2 Å². The minimum Gasteiger partial charge on any atom is -0.465 e. The molecule has 22 heavy (non-hydrogen) atoms. The molecule has 0 saturated carbocycles. The highest BCUT2D eigenvalue weighted by atomic mass is 32.2. The Labute approximate surface area is 130 Å².